The fraction of sp³-hybridized carbons (Fsp3) is 0.167. The normalized spacial score (nSPS) is 11.6. The average molecular weight is 329 g/mol. The Balaban J connectivity index is 2.40. The molecule has 0 radical (unpaired) electrons. The molecule has 0 aliphatic rings. The summed E-state index contributed by atoms with van der Waals surface area (Å²) in [6.07, 6.45) is 5.32. The lowest BCUT2D eigenvalue weighted by Crippen LogP contribution is -2.51. The number of carbonyl (C=O) groups excluding carboxylic acids is 1. The van der Waals surface area contributed by atoms with Crippen molar-refractivity contribution in [1.29, 1.82) is 0 Å². The van der Waals surface area contributed by atoms with E-state index in [1.807, 2.05) is 25.3 Å². The zero-order valence-corrected chi connectivity index (χ0v) is 13.6. The molecule has 23 heavy (non-hydrogen) atoms. The number of Topliss-reactive ketones (excluding diaryl/α,β-unsaturated/α-hetero) is 1. The first-order valence-electron chi connectivity index (χ1n) is 7.18. The van der Waals surface area contributed by atoms with E-state index >= 15 is 0 Å². The van der Waals surface area contributed by atoms with Crippen molar-refractivity contribution in [3.05, 3.63) is 78.4 Å². The van der Waals surface area contributed by atoms with Gasteiger partial charge in [-0.1, -0.05) is 18.3 Å². The number of halogens is 1. The summed E-state index contributed by atoms with van der Waals surface area (Å²) in [5.41, 5.74) is 1.42. The highest BCUT2D eigenvalue weighted by Gasteiger charge is 2.33. The molecule has 2 rings (SSSR count). The molecule has 0 bridgehead atoms. The number of aryl methyl sites for hydroxylation is 1. The molecule has 1 N–H and O–H groups in total. The topological polar surface area (TPSA) is 33.0 Å². The van der Waals surface area contributed by atoms with Crippen LogP contribution in [0.25, 0.3) is 0 Å². The van der Waals surface area contributed by atoms with Gasteiger partial charge in [0.05, 0.1) is 0 Å². The zero-order chi connectivity index (χ0) is 16.8. The number of carbonyl (C=O) groups is 1. The summed E-state index contributed by atoms with van der Waals surface area (Å²) >= 11 is 5.39. The van der Waals surface area contributed by atoms with E-state index in [-0.39, 0.29) is 11.6 Å². The maximum Gasteiger partial charge on any atom is 0.270 e. The van der Waals surface area contributed by atoms with Crippen molar-refractivity contribution in [3.8, 4) is 0 Å². The quantitative estimate of drug-likeness (QED) is 0.383. The van der Waals surface area contributed by atoms with Crippen molar-refractivity contribution >= 4 is 23.0 Å². The van der Waals surface area contributed by atoms with Gasteiger partial charge < -0.3 is 5.32 Å². The van der Waals surface area contributed by atoms with Gasteiger partial charge in [-0.3, -0.25) is 4.79 Å². The van der Waals surface area contributed by atoms with Crippen molar-refractivity contribution in [1.82, 2.24) is 5.32 Å². The summed E-state index contributed by atoms with van der Waals surface area (Å²) in [6, 6.07) is 8.59. The van der Waals surface area contributed by atoms with Gasteiger partial charge in [0.1, 0.15) is 5.82 Å². The van der Waals surface area contributed by atoms with Gasteiger partial charge in [0.25, 0.3) is 6.04 Å². The van der Waals surface area contributed by atoms with Crippen LogP contribution in [0.4, 0.5) is 4.39 Å². The number of thiocarbonyl (C=S) groups is 1. The molecule has 118 valence electrons. The molecule has 0 saturated carbocycles. The molecule has 5 heteroatoms. The third kappa shape index (κ3) is 4.29. The van der Waals surface area contributed by atoms with Gasteiger partial charge in [0.15, 0.2) is 17.4 Å². The Labute approximate surface area is 140 Å². The van der Waals surface area contributed by atoms with Crippen LogP contribution < -0.4 is 9.88 Å². The van der Waals surface area contributed by atoms with Gasteiger partial charge in [0.2, 0.25) is 5.78 Å². The van der Waals surface area contributed by atoms with E-state index in [9.17, 15) is 9.18 Å². The van der Waals surface area contributed by atoms with Crippen LogP contribution in [0.2, 0.25) is 0 Å². The van der Waals surface area contributed by atoms with Crippen LogP contribution in [0.1, 0.15) is 22.0 Å². The minimum Gasteiger partial charge on any atom is -0.370 e. The number of aromatic nitrogens is 1. The van der Waals surface area contributed by atoms with Crippen LogP contribution in [0.15, 0.2) is 61.4 Å². The summed E-state index contributed by atoms with van der Waals surface area (Å²) in [5, 5.41) is 3.01. The number of nitrogens with one attached hydrogen (secondary N) is 1. The molecule has 1 aromatic heterocycles. The minimum absolute atomic E-state index is 0.192. The van der Waals surface area contributed by atoms with Gasteiger partial charge in [-0.2, -0.15) is 4.57 Å². The molecule has 0 aliphatic carbocycles. The molecular formula is C18H18FN2OS+. The van der Waals surface area contributed by atoms with Crippen LogP contribution in [0.5, 0.6) is 0 Å². The summed E-state index contributed by atoms with van der Waals surface area (Å²) < 4.78 is 14.8. The maximum absolute atomic E-state index is 13.1. The second-order valence-corrected chi connectivity index (χ2v) is 5.58. The highest BCUT2D eigenvalue weighted by molar-refractivity contribution is 7.80. The first kappa shape index (κ1) is 17.0. The SMILES string of the molecule is C=CCNC(=S)[C@@H](C(=O)c1ccc(F)cc1)[n+]1cccc(C)c1. The Kier molecular flexibility index (Phi) is 5.71. The van der Waals surface area contributed by atoms with Crippen LogP contribution in [0, 0.1) is 12.7 Å². The largest absolute Gasteiger partial charge is 0.370 e. The lowest BCUT2D eigenvalue weighted by Gasteiger charge is -2.14. The molecule has 0 unspecified atom stereocenters. The zero-order valence-electron chi connectivity index (χ0n) is 12.8. The highest BCUT2D eigenvalue weighted by Crippen LogP contribution is 2.12. The second-order valence-electron chi connectivity index (χ2n) is 5.14. The maximum atomic E-state index is 13.1. The van der Waals surface area contributed by atoms with E-state index in [2.05, 4.69) is 11.9 Å². The van der Waals surface area contributed by atoms with Crippen LogP contribution in [-0.4, -0.2) is 17.3 Å². The lowest BCUT2D eigenvalue weighted by atomic mass is 10.0. The number of benzene rings is 1. The van der Waals surface area contributed by atoms with Crippen LogP contribution in [-0.2, 0) is 0 Å². The number of hydrogen-bond donors (Lipinski definition) is 1. The van der Waals surface area contributed by atoms with Crippen molar-refractivity contribution < 1.29 is 13.8 Å². The van der Waals surface area contributed by atoms with Crippen LogP contribution >= 0.6 is 12.2 Å². The first-order valence-corrected chi connectivity index (χ1v) is 7.59. The van der Waals surface area contributed by atoms with Crippen molar-refractivity contribution in [2.45, 2.75) is 13.0 Å². The average Bonchev–Trinajstić information content (AvgIpc) is 2.53. The molecule has 1 heterocycles. The number of ketones is 1. The monoisotopic (exact) mass is 329 g/mol. The number of pyridine rings is 1. The Morgan fingerprint density at radius 2 is 2.09 bits per heavy atom. The Hall–Kier alpha value is -2.40. The molecule has 0 amide bonds. The van der Waals surface area contributed by atoms with E-state index < -0.39 is 6.04 Å². The second kappa shape index (κ2) is 7.74. The Morgan fingerprint density at radius 1 is 1.39 bits per heavy atom. The fourth-order valence-corrected chi connectivity index (χ4v) is 2.52. The summed E-state index contributed by atoms with van der Waals surface area (Å²) in [6.45, 7) is 6.05. The first-order chi connectivity index (χ1) is 11.0. The van der Waals surface area contributed by atoms with Gasteiger partial charge >= 0.3 is 0 Å². The molecule has 0 fully saturated rings. The molecule has 2 aromatic rings. The predicted octanol–water partition coefficient (Wildman–Crippen LogP) is 2.95. The number of hydrogen-bond acceptors (Lipinski definition) is 2. The van der Waals surface area contributed by atoms with E-state index in [1.54, 1.807) is 16.8 Å². The smallest absolute Gasteiger partial charge is 0.270 e. The van der Waals surface area contributed by atoms with Crippen molar-refractivity contribution in [3.63, 3.8) is 0 Å². The van der Waals surface area contributed by atoms with Crippen molar-refractivity contribution in [2.75, 3.05) is 6.54 Å². The summed E-state index contributed by atoms with van der Waals surface area (Å²) in [4.78, 5) is 13.3. The molecule has 0 saturated heterocycles. The van der Waals surface area contributed by atoms with Crippen LogP contribution in [0.3, 0.4) is 0 Å². The molecular weight excluding hydrogens is 311 g/mol. The van der Waals surface area contributed by atoms with Crippen molar-refractivity contribution in [2.24, 2.45) is 0 Å². The molecule has 0 aliphatic heterocycles. The van der Waals surface area contributed by atoms with Gasteiger partial charge in [-0.25, -0.2) is 4.39 Å². The summed E-state index contributed by atoms with van der Waals surface area (Å²) in [5.74, 6) is -0.573. The predicted molar refractivity (Wildman–Crippen MR) is 91.9 cm³/mol. The molecule has 3 nitrogen and oxygen atoms in total. The Bertz CT molecular complexity index is 728. The number of rotatable bonds is 6. The van der Waals surface area contributed by atoms with E-state index in [4.69, 9.17) is 12.2 Å². The van der Waals surface area contributed by atoms with Gasteiger partial charge in [0, 0.05) is 23.7 Å². The third-order valence-corrected chi connectivity index (χ3v) is 3.68. The third-order valence-electron chi connectivity index (χ3n) is 3.31. The van der Waals surface area contributed by atoms with E-state index in [1.165, 1.54) is 24.3 Å². The number of nitrogens with zero attached hydrogens (tertiary/aromatic N) is 1. The Morgan fingerprint density at radius 3 is 2.70 bits per heavy atom. The van der Waals surface area contributed by atoms with Gasteiger partial charge in [-0.05, 0) is 37.3 Å². The van der Waals surface area contributed by atoms with E-state index in [0.29, 0.717) is 17.1 Å². The van der Waals surface area contributed by atoms with E-state index in [0.717, 1.165) is 5.56 Å². The molecule has 1 aromatic carbocycles. The minimum atomic E-state index is -0.685. The standard InChI is InChI=1S/C18H17FN2OS/c1-3-10-20-18(23)16(21-11-4-5-13(2)12-21)17(22)14-6-8-15(19)9-7-14/h3-9,11-12,16H,1,10H2,2H3/p+1/t16-/m1/s1. The van der Waals surface area contributed by atoms with Gasteiger partial charge in [-0.15, -0.1) is 6.58 Å². The lowest BCUT2D eigenvalue weighted by molar-refractivity contribution is -0.692. The highest BCUT2D eigenvalue weighted by atomic mass is 32.1. The fourth-order valence-electron chi connectivity index (χ4n) is 2.21. The molecule has 1 atom stereocenters. The molecule has 0 spiro atoms. The summed E-state index contributed by atoms with van der Waals surface area (Å²) in [7, 11) is 0.